The SMILES string of the molecule is CN(C(=O)N1CCCCC1CC(=O)O)C1CCNCC1. The molecule has 20 heavy (non-hydrogen) atoms. The molecule has 1 atom stereocenters. The van der Waals surface area contributed by atoms with Crippen molar-refractivity contribution in [2.24, 2.45) is 0 Å². The average Bonchev–Trinajstić information content (AvgIpc) is 2.46. The van der Waals surface area contributed by atoms with Crippen LogP contribution in [-0.4, -0.2) is 65.7 Å². The van der Waals surface area contributed by atoms with Crippen LogP contribution in [0.15, 0.2) is 0 Å². The van der Waals surface area contributed by atoms with E-state index < -0.39 is 5.97 Å². The molecule has 2 aliphatic heterocycles. The normalized spacial score (nSPS) is 24.4. The molecule has 2 N–H and O–H groups in total. The molecule has 2 rings (SSSR count). The van der Waals surface area contributed by atoms with Gasteiger partial charge < -0.3 is 20.2 Å². The molecule has 6 heteroatoms. The molecular formula is C14H25N3O3. The molecule has 0 radical (unpaired) electrons. The Bertz CT molecular complexity index is 356. The first kappa shape index (κ1) is 15.1. The number of likely N-dealkylation sites (tertiary alicyclic amines) is 1. The lowest BCUT2D eigenvalue weighted by Crippen LogP contribution is -2.54. The summed E-state index contributed by atoms with van der Waals surface area (Å²) in [5.41, 5.74) is 0. The van der Waals surface area contributed by atoms with Crippen molar-refractivity contribution < 1.29 is 14.7 Å². The van der Waals surface area contributed by atoms with E-state index in [1.165, 1.54) is 0 Å². The molecule has 2 amide bonds. The molecule has 2 heterocycles. The van der Waals surface area contributed by atoms with Gasteiger partial charge in [-0.15, -0.1) is 0 Å². The van der Waals surface area contributed by atoms with Gasteiger partial charge in [-0.05, 0) is 45.2 Å². The summed E-state index contributed by atoms with van der Waals surface area (Å²) in [5, 5.41) is 12.3. The number of rotatable bonds is 3. The van der Waals surface area contributed by atoms with Crippen LogP contribution in [0, 0.1) is 0 Å². The van der Waals surface area contributed by atoms with Gasteiger partial charge in [0.25, 0.3) is 0 Å². The number of aliphatic carboxylic acids is 1. The minimum atomic E-state index is -0.820. The van der Waals surface area contributed by atoms with Gasteiger partial charge in [0, 0.05) is 25.7 Å². The minimum Gasteiger partial charge on any atom is -0.481 e. The van der Waals surface area contributed by atoms with Gasteiger partial charge in [-0.3, -0.25) is 4.79 Å². The third-order valence-corrected chi connectivity index (χ3v) is 4.44. The van der Waals surface area contributed by atoms with Crippen LogP contribution >= 0.6 is 0 Å². The number of piperidine rings is 2. The zero-order chi connectivity index (χ0) is 14.5. The molecular weight excluding hydrogens is 258 g/mol. The standard InChI is InChI=1S/C14H25N3O3/c1-16(11-5-7-15-8-6-11)14(20)17-9-3-2-4-12(17)10-13(18)19/h11-12,15H,2-10H2,1H3,(H,18,19). The molecule has 0 spiro atoms. The highest BCUT2D eigenvalue weighted by atomic mass is 16.4. The second-order valence-corrected chi connectivity index (χ2v) is 5.82. The zero-order valence-corrected chi connectivity index (χ0v) is 12.2. The van der Waals surface area contributed by atoms with Crippen LogP contribution in [0.3, 0.4) is 0 Å². The summed E-state index contributed by atoms with van der Waals surface area (Å²) >= 11 is 0. The quantitative estimate of drug-likeness (QED) is 0.814. The van der Waals surface area contributed by atoms with Crippen LogP contribution in [0.2, 0.25) is 0 Å². The topological polar surface area (TPSA) is 72.9 Å². The van der Waals surface area contributed by atoms with E-state index in [0.717, 1.165) is 45.2 Å². The lowest BCUT2D eigenvalue weighted by atomic mass is 9.99. The van der Waals surface area contributed by atoms with E-state index in [2.05, 4.69) is 5.32 Å². The monoisotopic (exact) mass is 283 g/mol. The number of urea groups is 1. The average molecular weight is 283 g/mol. The number of carboxylic acid groups (broad SMARTS) is 1. The Morgan fingerprint density at radius 2 is 1.95 bits per heavy atom. The fourth-order valence-electron chi connectivity index (χ4n) is 3.22. The van der Waals surface area contributed by atoms with E-state index in [0.29, 0.717) is 6.54 Å². The largest absolute Gasteiger partial charge is 0.481 e. The first-order valence-electron chi connectivity index (χ1n) is 7.55. The molecule has 0 saturated carbocycles. The molecule has 6 nitrogen and oxygen atoms in total. The van der Waals surface area contributed by atoms with Gasteiger partial charge in [0.2, 0.25) is 0 Å². The van der Waals surface area contributed by atoms with Gasteiger partial charge in [-0.2, -0.15) is 0 Å². The highest BCUT2D eigenvalue weighted by molar-refractivity contribution is 5.76. The summed E-state index contributed by atoms with van der Waals surface area (Å²) < 4.78 is 0. The molecule has 114 valence electrons. The lowest BCUT2D eigenvalue weighted by Gasteiger charge is -2.40. The number of carbonyl (C=O) groups excluding carboxylic acids is 1. The van der Waals surface area contributed by atoms with Crippen LogP contribution < -0.4 is 5.32 Å². The predicted octanol–water partition coefficient (Wildman–Crippen LogP) is 1.12. The maximum Gasteiger partial charge on any atom is 0.320 e. The minimum absolute atomic E-state index is 0.00264. The fraction of sp³-hybridized carbons (Fsp3) is 0.857. The Balaban J connectivity index is 1.98. The highest BCUT2D eigenvalue weighted by Crippen LogP contribution is 2.22. The number of hydrogen-bond donors (Lipinski definition) is 2. The Hall–Kier alpha value is -1.30. The summed E-state index contributed by atoms with van der Waals surface area (Å²) in [4.78, 5) is 27.2. The fourth-order valence-corrected chi connectivity index (χ4v) is 3.22. The van der Waals surface area contributed by atoms with Crippen molar-refractivity contribution in [3.8, 4) is 0 Å². The third-order valence-electron chi connectivity index (χ3n) is 4.44. The number of amides is 2. The summed E-state index contributed by atoms with van der Waals surface area (Å²) in [6, 6.07) is 0.136. The number of nitrogens with one attached hydrogen (secondary N) is 1. The molecule has 0 aromatic carbocycles. The van der Waals surface area contributed by atoms with Crippen LogP contribution in [0.4, 0.5) is 4.79 Å². The van der Waals surface area contributed by atoms with Gasteiger partial charge in [-0.25, -0.2) is 4.79 Å². The Labute approximate surface area is 120 Å². The van der Waals surface area contributed by atoms with E-state index >= 15 is 0 Å². The summed E-state index contributed by atoms with van der Waals surface area (Å²) in [5.74, 6) is -0.820. The molecule has 0 aromatic heterocycles. The van der Waals surface area contributed by atoms with E-state index in [9.17, 15) is 9.59 Å². The van der Waals surface area contributed by atoms with Crippen molar-refractivity contribution >= 4 is 12.0 Å². The summed E-state index contributed by atoms with van der Waals surface area (Å²) in [7, 11) is 1.85. The lowest BCUT2D eigenvalue weighted by molar-refractivity contribution is -0.138. The van der Waals surface area contributed by atoms with Gasteiger partial charge in [0.15, 0.2) is 0 Å². The maximum atomic E-state index is 12.6. The Kier molecular flexibility index (Phi) is 5.23. The second-order valence-electron chi connectivity index (χ2n) is 5.82. The zero-order valence-electron chi connectivity index (χ0n) is 12.2. The molecule has 0 bridgehead atoms. The Morgan fingerprint density at radius 1 is 1.25 bits per heavy atom. The van der Waals surface area contributed by atoms with Crippen molar-refractivity contribution in [2.75, 3.05) is 26.7 Å². The second kappa shape index (κ2) is 6.92. The third kappa shape index (κ3) is 3.62. The molecule has 2 fully saturated rings. The van der Waals surface area contributed by atoms with Crippen molar-refractivity contribution in [3.63, 3.8) is 0 Å². The van der Waals surface area contributed by atoms with E-state index in [4.69, 9.17) is 5.11 Å². The van der Waals surface area contributed by atoms with Gasteiger partial charge in [0.1, 0.15) is 0 Å². The van der Waals surface area contributed by atoms with E-state index in [1.807, 2.05) is 11.9 Å². The number of carboxylic acids is 1. The summed E-state index contributed by atoms with van der Waals surface area (Å²) in [6.07, 6.45) is 4.80. The van der Waals surface area contributed by atoms with Crippen LogP contribution in [0.1, 0.15) is 38.5 Å². The van der Waals surface area contributed by atoms with Gasteiger partial charge >= 0.3 is 12.0 Å². The highest BCUT2D eigenvalue weighted by Gasteiger charge is 2.32. The van der Waals surface area contributed by atoms with Crippen molar-refractivity contribution in [3.05, 3.63) is 0 Å². The van der Waals surface area contributed by atoms with Gasteiger partial charge in [-0.1, -0.05) is 0 Å². The van der Waals surface area contributed by atoms with Crippen LogP contribution in [0.25, 0.3) is 0 Å². The first-order chi connectivity index (χ1) is 9.59. The predicted molar refractivity (Wildman–Crippen MR) is 75.6 cm³/mol. The molecule has 1 unspecified atom stereocenters. The number of nitrogens with zero attached hydrogens (tertiary/aromatic N) is 2. The van der Waals surface area contributed by atoms with Crippen molar-refractivity contribution in [2.45, 2.75) is 50.6 Å². The first-order valence-corrected chi connectivity index (χ1v) is 7.55. The van der Waals surface area contributed by atoms with Gasteiger partial charge in [0.05, 0.1) is 6.42 Å². The number of carbonyl (C=O) groups is 2. The smallest absolute Gasteiger partial charge is 0.320 e. The van der Waals surface area contributed by atoms with E-state index in [1.54, 1.807) is 4.90 Å². The molecule has 2 saturated heterocycles. The molecule has 2 aliphatic rings. The Morgan fingerprint density at radius 3 is 2.60 bits per heavy atom. The molecule has 0 aliphatic carbocycles. The van der Waals surface area contributed by atoms with Crippen molar-refractivity contribution in [1.29, 1.82) is 0 Å². The number of hydrogen-bond acceptors (Lipinski definition) is 3. The van der Waals surface area contributed by atoms with Crippen LogP contribution in [-0.2, 0) is 4.79 Å². The van der Waals surface area contributed by atoms with E-state index in [-0.39, 0.29) is 24.5 Å². The van der Waals surface area contributed by atoms with Crippen molar-refractivity contribution in [1.82, 2.24) is 15.1 Å². The summed E-state index contributed by atoms with van der Waals surface area (Å²) in [6.45, 7) is 2.58. The molecule has 0 aromatic rings. The maximum absolute atomic E-state index is 12.6. The van der Waals surface area contributed by atoms with Crippen LogP contribution in [0.5, 0.6) is 0 Å².